The molecule has 1 heterocycles. The molecule has 29 heavy (non-hydrogen) atoms. The molecule has 2 aromatic carbocycles. The third-order valence-corrected chi connectivity index (χ3v) is 4.22. The SMILES string of the molecule is O=C(Nc1ccc(C(=O)O)cc1)C(=Cc1ccccc1)NC(=O)c1ccc(Br)o1. The van der Waals surface area contributed by atoms with Crippen LogP contribution in [0.25, 0.3) is 6.08 Å². The van der Waals surface area contributed by atoms with Gasteiger partial charge in [-0.15, -0.1) is 0 Å². The quantitative estimate of drug-likeness (QED) is 0.484. The largest absolute Gasteiger partial charge is 0.478 e. The summed E-state index contributed by atoms with van der Waals surface area (Å²) in [4.78, 5) is 36.1. The first-order valence-electron chi connectivity index (χ1n) is 8.40. The molecule has 3 rings (SSSR count). The number of rotatable bonds is 6. The highest BCUT2D eigenvalue weighted by molar-refractivity contribution is 9.10. The predicted octanol–water partition coefficient (Wildman–Crippen LogP) is 4.15. The summed E-state index contributed by atoms with van der Waals surface area (Å²) >= 11 is 3.13. The van der Waals surface area contributed by atoms with Gasteiger partial charge in [0.25, 0.3) is 11.8 Å². The number of hydrogen-bond donors (Lipinski definition) is 3. The van der Waals surface area contributed by atoms with Gasteiger partial charge in [-0.1, -0.05) is 30.3 Å². The molecule has 3 aromatic rings. The van der Waals surface area contributed by atoms with Gasteiger partial charge < -0.3 is 20.2 Å². The Morgan fingerprint density at radius 1 is 0.931 bits per heavy atom. The second-order valence-electron chi connectivity index (χ2n) is 5.86. The fraction of sp³-hybridized carbons (Fsp3) is 0. The number of benzene rings is 2. The minimum absolute atomic E-state index is 0.00367. The number of carbonyl (C=O) groups excluding carboxylic acids is 2. The summed E-state index contributed by atoms with van der Waals surface area (Å²) in [5.74, 6) is -2.19. The van der Waals surface area contributed by atoms with Gasteiger partial charge in [0, 0.05) is 5.69 Å². The van der Waals surface area contributed by atoms with Crippen LogP contribution in [0, 0.1) is 0 Å². The Bertz CT molecular complexity index is 1070. The van der Waals surface area contributed by atoms with Crippen LogP contribution in [0.3, 0.4) is 0 Å². The molecule has 1 aromatic heterocycles. The lowest BCUT2D eigenvalue weighted by Crippen LogP contribution is -2.30. The number of nitrogens with one attached hydrogen (secondary N) is 2. The van der Waals surface area contributed by atoms with Crippen LogP contribution in [0.4, 0.5) is 5.69 Å². The highest BCUT2D eigenvalue weighted by atomic mass is 79.9. The summed E-state index contributed by atoms with van der Waals surface area (Å²) in [5.41, 5.74) is 1.18. The molecule has 0 radical (unpaired) electrons. The monoisotopic (exact) mass is 454 g/mol. The van der Waals surface area contributed by atoms with Crippen LogP contribution >= 0.6 is 15.9 Å². The lowest BCUT2D eigenvalue weighted by atomic mass is 10.1. The van der Waals surface area contributed by atoms with E-state index in [9.17, 15) is 14.4 Å². The lowest BCUT2D eigenvalue weighted by Gasteiger charge is -2.11. The van der Waals surface area contributed by atoms with Gasteiger partial charge in [-0.05, 0) is 64.0 Å². The molecule has 0 bridgehead atoms. The summed E-state index contributed by atoms with van der Waals surface area (Å²) in [6.07, 6.45) is 1.52. The molecule has 0 fully saturated rings. The molecule has 146 valence electrons. The molecule has 0 aliphatic rings. The first-order valence-corrected chi connectivity index (χ1v) is 9.20. The zero-order valence-electron chi connectivity index (χ0n) is 14.9. The van der Waals surface area contributed by atoms with Gasteiger partial charge in [0.2, 0.25) is 0 Å². The van der Waals surface area contributed by atoms with Crippen LogP contribution < -0.4 is 10.6 Å². The zero-order chi connectivity index (χ0) is 20.8. The first kappa shape index (κ1) is 20.1. The van der Waals surface area contributed by atoms with Crippen LogP contribution in [-0.2, 0) is 4.79 Å². The number of furan rings is 1. The number of carbonyl (C=O) groups is 3. The minimum atomic E-state index is -1.07. The standard InChI is InChI=1S/C21H15BrN2O5/c22-18-11-10-17(29-18)20(26)24-16(12-13-4-2-1-3-5-13)19(25)23-15-8-6-14(7-9-15)21(27)28/h1-12H,(H,23,25)(H,24,26)(H,27,28). The van der Waals surface area contributed by atoms with E-state index in [1.54, 1.807) is 30.3 Å². The fourth-order valence-electron chi connectivity index (χ4n) is 2.39. The molecule has 0 aliphatic carbocycles. The molecule has 0 unspecified atom stereocenters. The van der Waals surface area contributed by atoms with E-state index in [0.29, 0.717) is 15.9 Å². The van der Waals surface area contributed by atoms with Crippen LogP contribution in [0.1, 0.15) is 26.5 Å². The van der Waals surface area contributed by atoms with Gasteiger partial charge >= 0.3 is 5.97 Å². The van der Waals surface area contributed by atoms with Crippen molar-refractivity contribution in [1.82, 2.24) is 5.32 Å². The number of carboxylic acid groups (broad SMARTS) is 1. The maximum absolute atomic E-state index is 12.8. The number of aromatic carboxylic acids is 1. The molecular formula is C21H15BrN2O5. The Morgan fingerprint density at radius 2 is 1.62 bits per heavy atom. The van der Waals surface area contributed by atoms with Crippen molar-refractivity contribution in [1.29, 1.82) is 0 Å². The van der Waals surface area contributed by atoms with Crippen molar-refractivity contribution in [3.63, 3.8) is 0 Å². The van der Waals surface area contributed by atoms with Crippen molar-refractivity contribution in [3.05, 3.63) is 94.0 Å². The number of halogens is 1. The van der Waals surface area contributed by atoms with E-state index in [4.69, 9.17) is 9.52 Å². The van der Waals surface area contributed by atoms with Crippen molar-refractivity contribution in [2.24, 2.45) is 0 Å². The smallest absolute Gasteiger partial charge is 0.335 e. The normalized spacial score (nSPS) is 11.0. The van der Waals surface area contributed by atoms with Gasteiger partial charge in [-0.25, -0.2) is 4.79 Å². The zero-order valence-corrected chi connectivity index (χ0v) is 16.5. The molecule has 2 amide bonds. The Morgan fingerprint density at radius 3 is 2.21 bits per heavy atom. The van der Waals surface area contributed by atoms with E-state index >= 15 is 0 Å². The van der Waals surface area contributed by atoms with Crippen molar-refractivity contribution in [2.45, 2.75) is 0 Å². The van der Waals surface area contributed by atoms with Crippen LogP contribution in [0.15, 0.2) is 81.5 Å². The molecule has 7 nitrogen and oxygen atoms in total. The number of amides is 2. The topological polar surface area (TPSA) is 109 Å². The van der Waals surface area contributed by atoms with Crippen molar-refractivity contribution < 1.29 is 23.9 Å². The summed E-state index contributed by atoms with van der Waals surface area (Å²) < 4.78 is 5.61. The number of carboxylic acids is 1. The maximum atomic E-state index is 12.8. The molecule has 0 saturated carbocycles. The Balaban J connectivity index is 1.83. The summed E-state index contributed by atoms with van der Waals surface area (Å²) in [7, 11) is 0. The van der Waals surface area contributed by atoms with Crippen LogP contribution in [0.2, 0.25) is 0 Å². The van der Waals surface area contributed by atoms with Crippen molar-refractivity contribution >= 4 is 45.5 Å². The fourth-order valence-corrected chi connectivity index (χ4v) is 2.70. The highest BCUT2D eigenvalue weighted by Gasteiger charge is 2.17. The molecule has 3 N–H and O–H groups in total. The summed E-state index contributed by atoms with van der Waals surface area (Å²) in [5, 5.41) is 14.1. The van der Waals surface area contributed by atoms with Gasteiger partial charge in [0.05, 0.1) is 5.56 Å². The molecule has 0 atom stereocenters. The summed E-state index contributed by atoms with van der Waals surface area (Å²) in [6, 6.07) is 17.7. The molecular weight excluding hydrogens is 440 g/mol. The van der Waals surface area contributed by atoms with Gasteiger partial charge in [0.15, 0.2) is 10.4 Å². The van der Waals surface area contributed by atoms with Crippen molar-refractivity contribution in [3.8, 4) is 0 Å². The van der Waals surface area contributed by atoms with E-state index in [-0.39, 0.29) is 17.0 Å². The van der Waals surface area contributed by atoms with Gasteiger partial charge in [-0.2, -0.15) is 0 Å². The van der Waals surface area contributed by atoms with E-state index in [0.717, 1.165) is 0 Å². The maximum Gasteiger partial charge on any atom is 0.335 e. The van der Waals surface area contributed by atoms with Crippen LogP contribution in [0.5, 0.6) is 0 Å². The second kappa shape index (κ2) is 9.03. The average Bonchev–Trinajstić information content (AvgIpc) is 3.15. The Hall–Kier alpha value is -3.65. The van der Waals surface area contributed by atoms with E-state index in [1.807, 2.05) is 6.07 Å². The Kier molecular flexibility index (Phi) is 6.25. The summed E-state index contributed by atoms with van der Waals surface area (Å²) in [6.45, 7) is 0. The highest BCUT2D eigenvalue weighted by Crippen LogP contribution is 2.16. The lowest BCUT2D eigenvalue weighted by molar-refractivity contribution is -0.113. The molecule has 0 spiro atoms. The van der Waals surface area contributed by atoms with E-state index in [1.165, 1.54) is 36.4 Å². The van der Waals surface area contributed by atoms with Crippen molar-refractivity contribution in [2.75, 3.05) is 5.32 Å². The van der Waals surface area contributed by atoms with Gasteiger partial charge in [0.1, 0.15) is 5.70 Å². The predicted molar refractivity (Wildman–Crippen MR) is 110 cm³/mol. The Labute approximate surface area is 174 Å². The molecule has 0 aliphatic heterocycles. The third-order valence-electron chi connectivity index (χ3n) is 3.79. The molecule has 8 heteroatoms. The average molecular weight is 455 g/mol. The van der Waals surface area contributed by atoms with E-state index in [2.05, 4.69) is 26.6 Å². The first-order chi connectivity index (χ1) is 13.9. The third kappa shape index (κ3) is 5.43. The van der Waals surface area contributed by atoms with Crippen LogP contribution in [-0.4, -0.2) is 22.9 Å². The number of hydrogen-bond acceptors (Lipinski definition) is 4. The minimum Gasteiger partial charge on any atom is -0.478 e. The molecule has 0 saturated heterocycles. The van der Waals surface area contributed by atoms with Gasteiger partial charge in [-0.3, -0.25) is 9.59 Å². The number of anilines is 1. The van der Waals surface area contributed by atoms with E-state index < -0.39 is 17.8 Å². The second-order valence-corrected chi connectivity index (χ2v) is 6.64.